The van der Waals surface area contributed by atoms with Gasteiger partial charge >= 0.3 is 0 Å². The molecule has 2 aromatic carbocycles. The van der Waals surface area contributed by atoms with Crippen LogP contribution in [0.25, 0.3) is 0 Å². The third kappa shape index (κ3) is 5.55. The molecule has 2 aromatic heterocycles. The van der Waals surface area contributed by atoms with Gasteiger partial charge in [-0.3, -0.25) is 4.79 Å². The largest absolute Gasteiger partial charge is 0.416 e. The van der Waals surface area contributed by atoms with Crippen molar-refractivity contribution in [2.75, 3.05) is 11.1 Å². The molecule has 4 aromatic rings. The number of thiazole rings is 1. The molecule has 2 heterocycles. The van der Waals surface area contributed by atoms with E-state index in [0.717, 1.165) is 28.4 Å². The van der Waals surface area contributed by atoms with E-state index in [-0.39, 0.29) is 11.7 Å². The molecule has 1 amide bonds. The lowest BCUT2D eigenvalue weighted by Crippen LogP contribution is -2.15. The van der Waals surface area contributed by atoms with Gasteiger partial charge in [0.2, 0.25) is 11.8 Å². The minimum atomic E-state index is -0.115. The van der Waals surface area contributed by atoms with Gasteiger partial charge in [-0.15, -0.1) is 21.5 Å². The number of aryl methyl sites for hydroxylation is 1. The van der Waals surface area contributed by atoms with Crippen molar-refractivity contribution in [3.8, 4) is 0 Å². The molecule has 0 fully saturated rings. The van der Waals surface area contributed by atoms with Gasteiger partial charge in [0, 0.05) is 11.1 Å². The van der Waals surface area contributed by atoms with E-state index in [2.05, 4.69) is 32.6 Å². The molecule has 0 aliphatic heterocycles. The van der Waals surface area contributed by atoms with Crippen LogP contribution in [0.1, 0.15) is 27.7 Å². The van der Waals surface area contributed by atoms with E-state index < -0.39 is 0 Å². The third-order valence-corrected chi connectivity index (χ3v) is 5.94. The number of carbonyl (C=O) groups excluding carboxylic acids is 1. The van der Waals surface area contributed by atoms with Crippen LogP contribution in [0, 0.1) is 6.92 Å². The molecule has 152 valence electrons. The summed E-state index contributed by atoms with van der Waals surface area (Å²) >= 11 is 2.81. The summed E-state index contributed by atoms with van der Waals surface area (Å²) in [5, 5.41) is 14.4. The highest BCUT2D eigenvalue weighted by molar-refractivity contribution is 7.99. The second-order valence-corrected chi connectivity index (χ2v) is 8.64. The number of amides is 1. The lowest BCUT2D eigenvalue weighted by Gasteiger charge is -2.11. The van der Waals surface area contributed by atoms with Gasteiger partial charge in [-0.25, -0.2) is 4.98 Å². The molecule has 0 spiro atoms. The molecule has 4 rings (SSSR count). The average molecular weight is 437 g/mol. The van der Waals surface area contributed by atoms with Crippen molar-refractivity contribution in [3.05, 3.63) is 87.7 Å². The second-order valence-electron chi connectivity index (χ2n) is 6.65. The van der Waals surface area contributed by atoms with Crippen LogP contribution in [0.15, 0.2) is 69.6 Å². The Morgan fingerprint density at radius 1 is 1.07 bits per heavy atom. The van der Waals surface area contributed by atoms with Crippen LogP contribution in [-0.4, -0.2) is 26.8 Å². The molecule has 0 unspecified atom stereocenters. The van der Waals surface area contributed by atoms with Gasteiger partial charge in [0.15, 0.2) is 0 Å². The van der Waals surface area contributed by atoms with Crippen molar-refractivity contribution in [3.63, 3.8) is 0 Å². The zero-order chi connectivity index (χ0) is 20.8. The van der Waals surface area contributed by atoms with Crippen LogP contribution in [0.2, 0.25) is 0 Å². The summed E-state index contributed by atoms with van der Waals surface area (Å²) in [7, 11) is 0. The van der Waals surface area contributed by atoms with Gasteiger partial charge in [-0.1, -0.05) is 60.3 Å². The summed E-state index contributed by atoms with van der Waals surface area (Å²) < 4.78 is 5.63. The summed E-state index contributed by atoms with van der Waals surface area (Å²) in [5.74, 6) is 0.573. The molecule has 8 heteroatoms. The Labute approximate surface area is 182 Å². The number of hydrogen-bond donors (Lipinski definition) is 1. The zero-order valence-electron chi connectivity index (χ0n) is 16.4. The molecule has 0 saturated carbocycles. The minimum Gasteiger partial charge on any atom is -0.416 e. The van der Waals surface area contributed by atoms with Gasteiger partial charge in [0.25, 0.3) is 5.22 Å². The summed E-state index contributed by atoms with van der Waals surface area (Å²) in [6.07, 6.45) is 1.25. The summed E-state index contributed by atoms with van der Waals surface area (Å²) in [6, 6.07) is 18.0. The van der Waals surface area contributed by atoms with E-state index >= 15 is 0 Å². The molecule has 0 saturated heterocycles. The quantitative estimate of drug-likeness (QED) is 0.402. The monoisotopic (exact) mass is 436 g/mol. The van der Waals surface area contributed by atoms with Gasteiger partial charge in [0.1, 0.15) is 0 Å². The standard InChI is InChI=1S/C22H20N4O2S2/c1-15-23-18(13-29-15)12-21-25-26-22(28-21)30-14-20(27)24-19-10-6-5-9-17(19)11-16-7-3-2-4-8-16/h2-10,13H,11-12,14H2,1H3,(H,24,27). The highest BCUT2D eigenvalue weighted by atomic mass is 32.2. The molecule has 0 bridgehead atoms. The van der Waals surface area contributed by atoms with Crippen molar-refractivity contribution in [1.82, 2.24) is 15.2 Å². The van der Waals surface area contributed by atoms with Gasteiger partial charge in [-0.2, -0.15) is 0 Å². The van der Waals surface area contributed by atoms with Gasteiger partial charge in [0.05, 0.1) is 22.9 Å². The first-order valence-corrected chi connectivity index (χ1v) is 11.3. The van der Waals surface area contributed by atoms with Gasteiger partial charge < -0.3 is 9.73 Å². The molecule has 30 heavy (non-hydrogen) atoms. The Hall–Kier alpha value is -2.97. The first-order chi connectivity index (χ1) is 14.7. The maximum absolute atomic E-state index is 12.5. The SMILES string of the molecule is Cc1nc(Cc2nnc(SCC(=O)Nc3ccccc3Cc3ccccc3)o2)cs1. The molecule has 0 aliphatic rings. The molecule has 1 N–H and O–H groups in total. The molecular formula is C22H20N4O2S2. The Kier molecular flexibility index (Phi) is 6.56. The lowest BCUT2D eigenvalue weighted by molar-refractivity contribution is -0.113. The van der Waals surface area contributed by atoms with Crippen molar-refractivity contribution in [2.45, 2.75) is 25.0 Å². The summed E-state index contributed by atoms with van der Waals surface area (Å²) in [5.41, 5.74) is 3.99. The van der Waals surface area contributed by atoms with Crippen LogP contribution in [0.3, 0.4) is 0 Å². The van der Waals surface area contributed by atoms with E-state index in [1.165, 1.54) is 17.3 Å². The Morgan fingerprint density at radius 2 is 1.87 bits per heavy atom. The fourth-order valence-corrected chi connectivity index (χ4v) is 4.13. The first-order valence-electron chi connectivity index (χ1n) is 9.43. The van der Waals surface area contributed by atoms with E-state index in [9.17, 15) is 4.79 Å². The van der Waals surface area contributed by atoms with Crippen molar-refractivity contribution >= 4 is 34.7 Å². The molecular weight excluding hydrogens is 416 g/mol. The number of aromatic nitrogens is 3. The zero-order valence-corrected chi connectivity index (χ0v) is 18.0. The van der Waals surface area contributed by atoms with E-state index in [1.54, 1.807) is 11.3 Å². The maximum Gasteiger partial charge on any atom is 0.277 e. The predicted octanol–water partition coefficient (Wildman–Crippen LogP) is 4.75. The first kappa shape index (κ1) is 20.3. The van der Waals surface area contributed by atoms with Crippen molar-refractivity contribution in [2.24, 2.45) is 0 Å². The van der Waals surface area contributed by atoms with Crippen LogP contribution >= 0.6 is 23.1 Å². The van der Waals surface area contributed by atoms with Gasteiger partial charge in [-0.05, 0) is 30.5 Å². The van der Waals surface area contributed by atoms with Crippen LogP contribution < -0.4 is 5.32 Å². The number of rotatable bonds is 8. The highest BCUT2D eigenvalue weighted by Gasteiger charge is 2.13. The number of para-hydroxylation sites is 1. The molecule has 0 atom stereocenters. The Bertz CT molecular complexity index is 1120. The second kappa shape index (κ2) is 9.69. The lowest BCUT2D eigenvalue weighted by atomic mass is 10.0. The highest BCUT2D eigenvalue weighted by Crippen LogP contribution is 2.22. The normalized spacial score (nSPS) is 10.8. The smallest absolute Gasteiger partial charge is 0.277 e. The Balaban J connectivity index is 1.32. The molecule has 0 radical (unpaired) electrons. The molecule has 0 aliphatic carbocycles. The number of carbonyl (C=O) groups is 1. The van der Waals surface area contributed by atoms with Crippen LogP contribution in [0.4, 0.5) is 5.69 Å². The number of benzene rings is 2. The number of thioether (sulfide) groups is 1. The van der Waals surface area contributed by atoms with Crippen molar-refractivity contribution in [1.29, 1.82) is 0 Å². The fraction of sp³-hybridized carbons (Fsp3) is 0.182. The van der Waals surface area contributed by atoms with Crippen molar-refractivity contribution < 1.29 is 9.21 Å². The third-order valence-electron chi connectivity index (χ3n) is 4.30. The maximum atomic E-state index is 12.5. The predicted molar refractivity (Wildman–Crippen MR) is 119 cm³/mol. The summed E-state index contributed by atoms with van der Waals surface area (Å²) in [4.78, 5) is 16.9. The van der Waals surface area contributed by atoms with E-state index in [4.69, 9.17) is 4.42 Å². The minimum absolute atomic E-state index is 0.115. The average Bonchev–Trinajstić information content (AvgIpc) is 3.37. The molecule has 6 nitrogen and oxygen atoms in total. The number of nitrogens with zero attached hydrogens (tertiary/aromatic N) is 3. The number of hydrogen-bond acceptors (Lipinski definition) is 7. The van der Waals surface area contributed by atoms with E-state index in [0.29, 0.717) is 17.5 Å². The topological polar surface area (TPSA) is 80.9 Å². The van der Waals surface area contributed by atoms with E-state index in [1.807, 2.05) is 54.8 Å². The Morgan fingerprint density at radius 3 is 2.67 bits per heavy atom. The summed E-state index contributed by atoms with van der Waals surface area (Å²) in [6.45, 7) is 1.96. The fourth-order valence-electron chi connectivity index (χ4n) is 2.94. The number of nitrogens with one attached hydrogen (secondary N) is 1. The van der Waals surface area contributed by atoms with Crippen LogP contribution in [0.5, 0.6) is 0 Å². The van der Waals surface area contributed by atoms with Crippen LogP contribution in [-0.2, 0) is 17.6 Å². The number of anilines is 1.